The summed E-state index contributed by atoms with van der Waals surface area (Å²) in [5.74, 6) is 0.844. The Bertz CT molecular complexity index is 581. The van der Waals surface area contributed by atoms with Gasteiger partial charge in [0, 0.05) is 10.4 Å². The van der Waals surface area contributed by atoms with Crippen LogP contribution in [-0.4, -0.2) is 11.6 Å². The first-order valence-electron chi connectivity index (χ1n) is 7.62. The van der Waals surface area contributed by atoms with Gasteiger partial charge in [-0.15, -0.1) is 0 Å². The predicted octanol–water partition coefficient (Wildman–Crippen LogP) is 4.12. The molecule has 0 spiro atoms. The largest absolute Gasteiger partial charge is 0.273 e. The number of hydrogen-bond donors (Lipinski definition) is 1. The molecule has 2 saturated carbocycles. The van der Waals surface area contributed by atoms with Crippen LogP contribution in [0.25, 0.3) is 0 Å². The van der Waals surface area contributed by atoms with Crippen molar-refractivity contribution in [3.05, 3.63) is 34.3 Å². The number of carbonyl (C=O) groups excluding carboxylic acids is 1. The van der Waals surface area contributed by atoms with Crippen LogP contribution in [0.15, 0.2) is 33.8 Å². The third kappa shape index (κ3) is 2.78. The molecular weight excluding hydrogens is 328 g/mol. The number of hydrogen-bond acceptors (Lipinski definition) is 2. The van der Waals surface area contributed by atoms with Crippen LogP contribution in [0.4, 0.5) is 0 Å². The number of fused-ring (bicyclic) bond motifs is 1. The maximum Gasteiger partial charge on any atom is 0.244 e. The van der Waals surface area contributed by atoms with E-state index < -0.39 is 0 Å². The maximum absolute atomic E-state index is 12.3. The van der Waals surface area contributed by atoms with Gasteiger partial charge in [-0.25, -0.2) is 5.43 Å². The molecule has 0 saturated heterocycles. The molecule has 3 nitrogen and oxygen atoms in total. The number of nitrogens with zero attached hydrogens (tertiary/aromatic N) is 1. The minimum absolute atomic E-state index is 0.0980. The minimum atomic E-state index is 0.0980. The summed E-state index contributed by atoms with van der Waals surface area (Å²) in [5, 5.41) is 4.28. The molecule has 1 N–H and O–H groups in total. The van der Waals surface area contributed by atoms with E-state index >= 15 is 0 Å². The lowest BCUT2D eigenvalue weighted by Gasteiger charge is -2.15. The second-order valence-electron chi connectivity index (χ2n) is 6.52. The van der Waals surface area contributed by atoms with Gasteiger partial charge < -0.3 is 0 Å². The lowest BCUT2D eigenvalue weighted by molar-refractivity contribution is -0.123. The van der Waals surface area contributed by atoms with Crippen LogP contribution in [0.3, 0.4) is 0 Å². The van der Waals surface area contributed by atoms with E-state index in [0.29, 0.717) is 5.92 Å². The molecule has 0 aromatic heterocycles. The van der Waals surface area contributed by atoms with Gasteiger partial charge in [-0.2, -0.15) is 5.10 Å². The average molecular weight is 349 g/mol. The van der Waals surface area contributed by atoms with Gasteiger partial charge in [0.1, 0.15) is 0 Å². The van der Waals surface area contributed by atoms with E-state index in [1.54, 1.807) is 0 Å². The Hall–Kier alpha value is -1.16. The molecule has 0 heterocycles. The van der Waals surface area contributed by atoms with Crippen LogP contribution < -0.4 is 5.43 Å². The fourth-order valence-electron chi connectivity index (χ4n) is 3.81. The number of amides is 1. The van der Waals surface area contributed by atoms with Crippen molar-refractivity contribution in [1.29, 1.82) is 0 Å². The highest BCUT2D eigenvalue weighted by Crippen LogP contribution is 2.66. The average Bonchev–Trinajstić information content (AvgIpc) is 3.11. The van der Waals surface area contributed by atoms with Crippen LogP contribution >= 0.6 is 15.9 Å². The van der Waals surface area contributed by atoms with Gasteiger partial charge in [-0.1, -0.05) is 47.8 Å². The Kier molecular flexibility index (Phi) is 3.91. The summed E-state index contributed by atoms with van der Waals surface area (Å²) in [6.07, 6.45) is 4.92. The van der Waals surface area contributed by atoms with E-state index in [0.717, 1.165) is 15.7 Å². The van der Waals surface area contributed by atoms with E-state index in [2.05, 4.69) is 33.4 Å². The lowest BCUT2D eigenvalue weighted by Crippen LogP contribution is -2.23. The van der Waals surface area contributed by atoms with Crippen LogP contribution in [0.2, 0.25) is 0 Å². The van der Waals surface area contributed by atoms with Crippen molar-refractivity contribution in [3.63, 3.8) is 0 Å². The number of halogens is 1. The zero-order chi connectivity index (χ0) is 15.0. The van der Waals surface area contributed by atoms with E-state index in [4.69, 9.17) is 0 Å². The smallest absolute Gasteiger partial charge is 0.244 e. The predicted molar refractivity (Wildman–Crippen MR) is 88.1 cm³/mol. The van der Waals surface area contributed by atoms with Gasteiger partial charge in [0.05, 0.1) is 5.71 Å². The Labute approximate surface area is 134 Å². The van der Waals surface area contributed by atoms with Gasteiger partial charge in [0.25, 0.3) is 0 Å². The molecule has 21 heavy (non-hydrogen) atoms. The Balaban J connectivity index is 1.63. The molecule has 2 fully saturated rings. The van der Waals surface area contributed by atoms with E-state index in [1.165, 1.54) is 25.7 Å². The van der Waals surface area contributed by atoms with Crippen molar-refractivity contribution in [1.82, 2.24) is 5.43 Å². The molecule has 0 bridgehead atoms. The van der Waals surface area contributed by atoms with Crippen LogP contribution in [0, 0.1) is 17.3 Å². The molecule has 3 atom stereocenters. The van der Waals surface area contributed by atoms with Gasteiger partial charge in [-0.3, -0.25) is 4.79 Å². The number of carbonyl (C=O) groups is 1. The molecule has 0 radical (unpaired) electrons. The van der Waals surface area contributed by atoms with E-state index in [1.807, 2.05) is 31.2 Å². The molecule has 2 aliphatic rings. The molecule has 4 heteroatoms. The zero-order valence-corrected chi connectivity index (χ0v) is 14.1. The highest BCUT2D eigenvalue weighted by molar-refractivity contribution is 9.10. The molecule has 3 rings (SSSR count). The number of hydrazone groups is 1. The Morgan fingerprint density at radius 3 is 2.67 bits per heavy atom. The number of nitrogens with one attached hydrogen (secondary N) is 1. The second kappa shape index (κ2) is 5.56. The first-order valence-corrected chi connectivity index (χ1v) is 8.42. The van der Waals surface area contributed by atoms with Gasteiger partial charge >= 0.3 is 0 Å². The van der Waals surface area contributed by atoms with Crippen molar-refractivity contribution in [3.8, 4) is 0 Å². The van der Waals surface area contributed by atoms with Gasteiger partial charge in [0.15, 0.2) is 0 Å². The van der Waals surface area contributed by atoms with Crippen LogP contribution in [0.5, 0.6) is 0 Å². The van der Waals surface area contributed by atoms with Crippen molar-refractivity contribution in [2.75, 3.05) is 0 Å². The summed E-state index contributed by atoms with van der Waals surface area (Å²) < 4.78 is 1.04. The van der Waals surface area contributed by atoms with E-state index in [-0.39, 0.29) is 17.2 Å². The summed E-state index contributed by atoms with van der Waals surface area (Å²) >= 11 is 3.42. The summed E-state index contributed by atoms with van der Waals surface area (Å²) in [7, 11) is 0. The summed E-state index contributed by atoms with van der Waals surface area (Å²) in [4.78, 5) is 12.3. The summed E-state index contributed by atoms with van der Waals surface area (Å²) in [5.41, 5.74) is 4.88. The topological polar surface area (TPSA) is 41.5 Å². The number of benzene rings is 1. The zero-order valence-electron chi connectivity index (χ0n) is 12.5. The van der Waals surface area contributed by atoms with Crippen molar-refractivity contribution in [2.24, 2.45) is 22.4 Å². The maximum atomic E-state index is 12.3. The van der Waals surface area contributed by atoms with Crippen LogP contribution in [0.1, 0.15) is 45.1 Å². The first kappa shape index (κ1) is 14.8. The molecule has 112 valence electrons. The molecule has 1 aromatic carbocycles. The monoisotopic (exact) mass is 348 g/mol. The normalized spacial score (nSPS) is 31.5. The van der Waals surface area contributed by atoms with E-state index in [9.17, 15) is 4.79 Å². The van der Waals surface area contributed by atoms with Crippen LogP contribution in [-0.2, 0) is 4.79 Å². The minimum Gasteiger partial charge on any atom is -0.273 e. The third-order valence-corrected chi connectivity index (χ3v) is 5.74. The first-order chi connectivity index (χ1) is 10.0. The summed E-state index contributed by atoms with van der Waals surface area (Å²) in [6, 6.07) is 7.94. The molecule has 1 aromatic rings. The highest BCUT2D eigenvalue weighted by Gasteiger charge is 2.64. The van der Waals surface area contributed by atoms with Crippen molar-refractivity contribution >= 4 is 27.5 Å². The standard InChI is InChI=1S/C17H21BrN2O/c1-11(12-6-8-13(18)9-7-12)19-20-16(21)15-14-5-3-4-10-17(14,15)2/h6-9,14-15H,3-5,10H2,1-2H3,(H,20,21)/b19-11-/t14-,15+,17+/m1/s1. The molecule has 1 amide bonds. The quantitative estimate of drug-likeness (QED) is 0.647. The van der Waals surface area contributed by atoms with Gasteiger partial charge in [0.2, 0.25) is 5.91 Å². The number of rotatable bonds is 3. The Morgan fingerprint density at radius 1 is 1.33 bits per heavy atom. The van der Waals surface area contributed by atoms with Crippen molar-refractivity contribution in [2.45, 2.75) is 39.5 Å². The third-order valence-electron chi connectivity index (χ3n) is 5.21. The van der Waals surface area contributed by atoms with Crippen molar-refractivity contribution < 1.29 is 4.79 Å². The molecule has 0 unspecified atom stereocenters. The SMILES string of the molecule is C/C(=N/NC(=O)[C@@H]1[C@H]2CCCC[C@@]21C)c1ccc(Br)cc1. The lowest BCUT2D eigenvalue weighted by atomic mass is 9.90. The summed E-state index contributed by atoms with van der Waals surface area (Å²) in [6.45, 7) is 4.18. The Morgan fingerprint density at radius 2 is 2.05 bits per heavy atom. The molecule has 2 aliphatic carbocycles. The highest BCUT2D eigenvalue weighted by atomic mass is 79.9. The van der Waals surface area contributed by atoms with Gasteiger partial charge in [-0.05, 0) is 48.8 Å². The fourth-order valence-corrected chi connectivity index (χ4v) is 4.08. The fraction of sp³-hybridized carbons (Fsp3) is 0.529. The molecular formula is C17H21BrN2O. The molecule has 0 aliphatic heterocycles. The second-order valence-corrected chi connectivity index (χ2v) is 7.43.